The first-order chi connectivity index (χ1) is 17.3. The largest absolute Gasteiger partial charge is 0.0622 e. The first kappa shape index (κ1) is 19.8. The van der Waals surface area contributed by atoms with Gasteiger partial charge in [0, 0.05) is 16.7 Å². The SMILES string of the molecule is Cc1ccc(C#Cc2c3c(c4cccc5cccc2c54)=C(c2ccccc2)c2ccccc2-3)cc1. The van der Waals surface area contributed by atoms with Gasteiger partial charge in [-0.2, -0.15) is 0 Å². The lowest BCUT2D eigenvalue weighted by atomic mass is 9.89. The van der Waals surface area contributed by atoms with E-state index in [0.717, 1.165) is 11.1 Å². The number of hydrogen-bond donors (Lipinski definition) is 0. The second kappa shape index (κ2) is 7.73. The van der Waals surface area contributed by atoms with Gasteiger partial charge in [-0.25, -0.2) is 0 Å². The maximum absolute atomic E-state index is 3.64. The Hall–Kier alpha value is -4.60. The molecule has 1 aliphatic carbocycles. The Labute approximate surface area is 205 Å². The van der Waals surface area contributed by atoms with E-state index in [4.69, 9.17) is 0 Å². The summed E-state index contributed by atoms with van der Waals surface area (Å²) < 4.78 is 0. The van der Waals surface area contributed by atoms with E-state index in [9.17, 15) is 0 Å². The fourth-order valence-electron chi connectivity index (χ4n) is 5.54. The van der Waals surface area contributed by atoms with Crippen LogP contribution >= 0.6 is 0 Å². The van der Waals surface area contributed by atoms with Gasteiger partial charge in [0.05, 0.1) is 0 Å². The maximum atomic E-state index is 3.64. The van der Waals surface area contributed by atoms with Crippen LogP contribution in [-0.2, 0) is 0 Å². The summed E-state index contributed by atoms with van der Waals surface area (Å²) in [6, 6.07) is 41.3. The molecule has 0 bridgehead atoms. The van der Waals surface area contributed by atoms with Gasteiger partial charge in [0.2, 0.25) is 0 Å². The lowest BCUT2D eigenvalue weighted by molar-refractivity contribution is 1.46. The van der Waals surface area contributed by atoms with Crippen LogP contribution in [0.15, 0.2) is 115 Å². The summed E-state index contributed by atoms with van der Waals surface area (Å²) >= 11 is 0. The minimum absolute atomic E-state index is 1.04. The van der Waals surface area contributed by atoms with E-state index < -0.39 is 0 Å². The molecule has 0 heterocycles. The summed E-state index contributed by atoms with van der Waals surface area (Å²) in [4.78, 5) is 0. The molecule has 1 aliphatic rings. The van der Waals surface area contributed by atoms with E-state index in [-0.39, 0.29) is 0 Å². The van der Waals surface area contributed by atoms with Crippen molar-refractivity contribution in [3.8, 4) is 23.0 Å². The topological polar surface area (TPSA) is 0 Å². The lowest BCUT2D eigenvalue weighted by Crippen LogP contribution is -2.10. The first-order valence-electron chi connectivity index (χ1n) is 12.0. The third kappa shape index (κ3) is 3.03. The summed E-state index contributed by atoms with van der Waals surface area (Å²) in [5.41, 5.74) is 9.74. The average Bonchev–Trinajstić information content (AvgIpc) is 3.26. The van der Waals surface area contributed by atoms with Crippen molar-refractivity contribution in [3.05, 3.63) is 148 Å². The zero-order valence-corrected chi connectivity index (χ0v) is 19.5. The predicted molar refractivity (Wildman–Crippen MR) is 147 cm³/mol. The van der Waals surface area contributed by atoms with Crippen LogP contribution in [0.2, 0.25) is 0 Å². The molecule has 0 radical (unpaired) electrons. The Balaban J connectivity index is 1.70. The highest BCUT2D eigenvalue weighted by Crippen LogP contribution is 2.41. The molecule has 7 rings (SSSR count). The molecule has 0 atom stereocenters. The van der Waals surface area contributed by atoms with Crippen molar-refractivity contribution in [1.82, 2.24) is 0 Å². The summed E-state index contributed by atoms with van der Waals surface area (Å²) in [6.07, 6.45) is 0. The average molecular weight is 443 g/mol. The van der Waals surface area contributed by atoms with Gasteiger partial charge >= 0.3 is 0 Å². The molecule has 0 saturated heterocycles. The minimum atomic E-state index is 1.04. The van der Waals surface area contributed by atoms with Crippen molar-refractivity contribution in [2.45, 2.75) is 6.92 Å². The molecule has 0 saturated carbocycles. The molecule has 0 N–H and O–H groups in total. The molecule has 0 nitrogen and oxygen atoms in total. The van der Waals surface area contributed by atoms with E-state index in [1.165, 1.54) is 60.2 Å². The summed E-state index contributed by atoms with van der Waals surface area (Å²) in [6.45, 7) is 2.11. The molecule has 0 aromatic heterocycles. The van der Waals surface area contributed by atoms with Crippen molar-refractivity contribution >= 4 is 27.1 Å². The van der Waals surface area contributed by atoms with Crippen LogP contribution < -0.4 is 5.22 Å². The molecule has 0 spiro atoms. The van der Waals surface area contributed by atoms with E-state index >= 15 is 0 Å². The molecule has 6 aromatic carbocycles. The highest BCUT2D eigenvalue weighted by Gasteiger charge is 2.26. The first-order valence-corrected chi connectivity index (χ1v) is 12.0. The quantitative estimate of drug-likeness (QED) is 0.229. The Morgan fingerprint density at radius 3 is 2.00 bits per heavy atom. The molecule has 0 fully saturated rings. The molecule has 0 unspecified atom stereocenters. The fourth-order valence-corrected chi connectivity index (χ4v) is 5.54. The standard InChI is InChI=1S/C35H22/c1-23-17-19-24(20-18-23)21-22-30-27-15-7-11-25-12-8-16-31(32(25)27)35-33(26-9-3-2-4-10-26)28-13-5-6-14-29(28)34(30)35/h2-20H,1H3. The van der Waals surface area contributed by atoms with E-state index in [1.54, 1.807) is 0 Å². The van der Waals surface area contributed by atoms with E-state index in [0.29, 0.717) is 0 Å². The van der Waals surface area contributed by atoms with Crippen molar-refractivity contribution in [2.75, 3.05) is 0 Å². The van der Waals surface area contributed by atoms with Crippen LogP contribution in [0.1, 0.15) is 27.8 Å². The Bertz CT molecular complexity index is 1870. The Morgan fingerprint density at radius 2 is 1.23 bits per heavy atom. The van der Waals surface area contributed by atoms with Crippen LogP contribution in [0.3, 0.4) is 0 Å². The second-order valence-electron chi connectivity index (χ2n) is 9.24. The number of benzene rings is 6. The molecule has 162 valence electrons. The van der Waals surface area contributed by atoms with E-state index in [2.05, 4.69) is 134 Å². The van der Waals surface area contributed by atoms with Crippen molar-refractivity contribution in [2.24, 2.45) is 0 Å². The van der Waals surface area contributed by atoms with Gasteiger partial charge in [-0.1, -0.05) is 121 Å². The van der Waals surface area contributed by atoms with Crippen molar-refractivity contribution < 1.29 is 0 Å². The molecular weight excluding hydrogens is 420 g/mol. The maximum Gasteiger partial charge on any atom is 0.0413 e. The van der Waals surface area contributed by atoms with Gasteiger partial charge < -0.3 is 0 Å². The molecule has 35 heavy (non-hydrogen) atoms. The van der Waals surface area contributed by atoms with Crippen molar-refractivity contribution in [3.63, 3.8) is 0 Å². The highest BCUT2D eigenvalue weighted by atomic mass is 14.3. The fraction of sp³-hybridized carbons (Fsp3) is 0.0286. The number of hydrogen-bond acceptors (Lipinski definition) is 0. The molecule has 0 aliphatic heterocycles. The van der Waals surface area contributed by atoms with Crippen LogP contribution in [0, 0.1) is 18.8 Å². The normalized spacial score (nSPS) is 11.9. The Morgan fingerprint density at radius 1 is 0.543 bits per heavy atom. The molecule has 0 amide bonds. The smallest absolute Gasteiger partial charge is 0.0413 e. The third-order valence-electron chi connectivity index (χ3n) is 7.10. The predicted octanol–water partition coefficient (Wildman–Crippen LogP) is 7.65. The molecule has 0 heteroatoms. The van der Waals surface area contributed by atoms with Crippen LogP contribution in [0.5, 0.6) is 0 Å². The Kier molecular flexibility index (Phi) is 4.38. The van der Waals surface area contributed by atoms with Gasteiger partial charge in [-0.05, 0) is 68.1 Å². The van der Waals surface area contributed by atoms with Gasteiger partial charge in [0.25, 0.3) is 0 Å². The zero-order valence-electron chi connectivity index (χ0n) is 19.5. The van der Waals surface area contributed by atoms with Crippen molar-refractivity contribution in [1.29, 1.82) is 0 Å². The van der Waals surface area contributed by atoms with Gasteiger partial charge in [0.15, 0.2) is 0 Å². The molecule has 6 aromatic rings. The number of fused-ring (bicyclic) bond motifs is 4. The van der Waals surface area contributed by atoms with Crippen LogP contribution in [0.4, 0.5) is 0 Å². The molecular formula is C35H22. The summed E-state index contributed by atoms with van der Waals surface area (Å²) in [5, 5.41) is 6.37. The van der Waals surface area contributed by atoms with Gasteiger partial charge in [-0.3, -0.25) is 0 Å². The third-order valence-corrected chi connectivity index (χ3v) is 7.10. The number of aryl methyl sites for hydroxylation is 1. The summed E-state index contributed by atoms with van der Waals surface area (Å²) in [5.74, 6) is 7.12. The van der Waals surface area contributed by atoms with Gasteiger partial charge in [0.1, 0.15) is 0 Å². The monoisotopic (exact) mass is 442 g/mol. The zero-order chi connectivity index (χ0) is 23.4. The second-order valence-corrected chi connectivity index (χ2v) is 9.24. The lowest BCUT2D eigenvalue weighted by Gasteiger charge is -2.13. The highest BCUT2D eigenvalue weighted by molar-refractivity contribution is 6.18. The number of rotatable bonds is 1. The van der Waals surface area contributed by atoms with E-state index in [1.807, 2.05) is 0 Å². The van der Waals surface area contributed by atoms with Crippen LogP contribution in [0.25, 0.3) is 38.2 Å². The van der Waals surface area contributed by atoms with Gasteiger partial charge in [-0.15, -0.1) is 0 Å². The summed E-state index contributed by atoms with van der Waals surface area (Å²) in [7, 11) is 0. The van der Waals surface area contributed by atoms with Crippen LogP contribution in [-0.4, -0.2) is 0 Å². The minimum Gasteiger partial charge on any atom is -0.0622 e.